The number of carbonyl (C=O) groups excluding carboxylic acids is 1. The maximum Gasteiger partial charge on any atom is 0.230 e. The zero-order chi connectivity index (χ0) is 32.6. The van der Waals surface area contributed by atoms with Crippen LogP contribution in [-0.4, -0.2) is 61.4 Å². The normalized spacial score (nSPS) is 12.2. The Bertz CT molecular complexity index is 1750. The third-order valence-corrected chi connectivity index (χ3v) is 7.97. The van der Waals surface area contributed by atoms with Gasteiger partial charge in [0.25, 0.3) is 0 Å². The van der Waals surface area contributed by atoms with E-state index in [1.165, 1.54) is 0 Å². The van der Waals surface area contributed by atoms with Crippen LogP contribution in [0.15, 0.2) is 66.9 Å². The molecule has 0 aliphatic carbocycles. The van der Waals surface area contributed by atoms with Crippen LogP contribution in [0.4, 0.5) is 0 Å². The van der Waals surface area contributed by atoms with Crippen LogP contribution in [0.1, 0.15) is 79.3 Å². The summed E-state index contributed by atoms with van der Waals surface area (Å²) in [6, 6.07) is 19.6. The van der Waals surface area contributed by atoms with Crippen LogP contribution < -0.4 is 0 Å². The molecule has 12 heteroatoms. The molecule has 0 radical (unpaired) electrons. The number of halogens is 1. The van der Waals surface area contributed by atoms with Crippen molar-refractivity contribution in [2.45, 2.75) is 59.1 Å². The molecule has 2 aromatic carbocycles. The van der Waals surface area contributed by atoms with Crippen molar-refractivity contribution in [3.05, 3.63) is 100 Å². The molecular weight excluding hydrogens is 606 g/mol. The van der Waals surface area contributed by atoms with Crippen LogP contribution in [0.25, 0.3) is 22.5 Å². The van der Waals surface area contributed by atoms with E-state index < -0.39 is 6.29 Å². The Kier molecular flexibility index (Phi) is 11.0. The van der Waals surface area contributed by atoms with Gasteiger partial charge >= 0.3 is 0 Å². The SMILES string of the molecule is CCCCc1nc(Cl)c(C(=O)c2ccc(C(OC)OC)cn2)n1Cc1ccc(-c2ccccc2-c2nnnn2C(C)OCC)cc1. The van der Waals surface area contributed by atoms with Crippen molar-refractivity contribution in [3.63, 3.8) is 0 Å². The molecule has 11 nitrogen and oxygen atoms in total. The number of hydrogen-bond donors (Lipinski definition) is 0. The van der Waals surface area contributed by atoms with Gasteiger partial charge in [0.15, 0.2) is 23.5 Å². The molecule has 0 bridgehead atoms. The predicted molar refractivity (Wildman–Crippen MR) is 174 cm³/mol. The second kappa shape index (κ2) is 15.3. The van der Waals surface area contributed by atoms with Crippen LogP contribution in [0.3, 0.4) is 0 Å². The number of pyridine rings is 1. The summed E-state index contributed by atoms with van der Waals surface area (Å²) in [5.41, 5.74) is 5.13. The number of aryl methyl sites for hydroxylation is 1. The fourth-order valence-corrected chi connectivity index (χ4v) is 5.66. The highest BCUT2D eigenvalue weighted by atomic mass is 35.5. The molecule has 5 rings (SSSR count). The minimum absolute atomic E-state index is 0.165. The van der Waals surface area contributed by atoms with Crippen molar-refractivity contribution >= 4 is 17.4 Å². The first-order valence-corrected chi connectivity index (χ1v) is 15.7. The Labute approximate surface area is 273 Å². The maximum absolute atomic E-state index is 13.8. The van der Waals surface area contributed by atoms with Gasteiger partial charge in [0.1, 0.15) is 17.2 Å². The van der Waals surface area contributed by atoms with E-state index in [0.717, 1.165) is 40.9 Å². The Morgan fingerprint density at radius 2 is 1.72 bits per heavy atom. The topological polar surface area (TPSA) is 119 Å². The zero-order valence-electron chi connectivity index (χ0n) is 26.7. The van der Waals surface area contributed by atoms with Crippen molar-refractivity contribution in [2.75, 3.05) is 20.8 Å². The monoisotopic (exact) mass is 643 g/mol. The lowest BCUT2D eigenvalue weighted by molar-refractivity contribution is -0.106. The molecule has 0 spiro atoms. The van der Waals surface area contributed by atoms with E-state index in [1.54, 1.807) is 37.2 Å². The largest absolute Gasteiger partial charge is 0.357 e. The van der Waals surface area contributed by atoms with Crippen molar-refractivity contribution in [1.29, 1.82) is 0 Å². The molecule has 46 heavy (non-hydrogen) atoms. The van der Waals surface area contributed by atoms with E-state index in [0.29, 0.717) is 36.7 Å². The van der Waals surface area contributed by atoms with Gasteiger partial charge in [0, 0.05) is 51.1 Å². The van der Waals surface area contributed by atoms with Crippen LogP contribution >= 0.6 is 11.6 Å². The highest BCUT2D eigenvalue weighted by Crippen LogP contribution is 2.32. The summed E-state index contributed by atoms with van der Waals surface area (Å²) in [4.78, 5) is 22.8. The fourth-order valence-electron chi connectivity index (χ4n) is 5.38. The lowest BCUT2D eigenvalue weighted by Crippen LogP contribution is -2.15. The molecule has 0 aliphatic rings. The summed E-state index contributed by atoms with van der Waals surface area (Å²) in [7, 11) is 3.09. The van der Waals surface area contributed by atoms with Crippen molar-refractivity contribution in [2.24, 2.45) is 0 Å². The highest BCUT2D eigenvalue weighted by Gasteiger charge is 2.25. The number of ether oxygens (including phenoxy) is 3. The molecule has 5 aromatic rings. The molecule has 1 atom stereocenters. The first kappa shape index (κ1) is 33.1. The second-order valence-electron chi connectivity index (χ2n) is 10.7. The number of nitrogens with zero attached hydrogens (tertiary/aromatic N) is 7. The predicted octanol–water partition coefficient (Wildman–Crippen LogP) is 6.72. The lowest BCUT2D eigenvalue weighted by Gasteiger charge is -2.16. The Hall–Kier alpha value is -4.29. The molecule has 0 saturated carbocycles. The number of unbranched alkanes of at least 4 members (excludes halogenated alkanes) is 1. The number of benzene rings is 2. The molecule has 0 N–H and O–H groups in total. The summed E-state index contributed by atoms with van der Waals surface area (Å²) in [5.74, 6) is 1.08. The number of rotatable bonds is 15. The highest BCUT2D eigenvalue weighted by molar-refractivity contribution is 6.33. The van der Waals surface area contributed by atoms with E-state index in [9.17, 15) is 4.79 Å². The third kappa shape index (κ3) is 7.07. The smallest absolute Gasteiger partial charge is 0.230 e. The molecule has 0 fully saturated rings. The van der Waals surface area contributed by atoms with E-state index in [-0.39, 0.29) is 22.9 Å². The van der Waals surface area contributed by atoms with Gasteiger partial charge in [-0.25, -0.2) is 4.98 Å². The van der Waals surface area contributed by atoms with E-state index in [4.69, 9.17) is 25.8 Å². The summed E-state index contributed by atoms with van der Waals surface area (Å²) < 4.78 is 20.0. The summed E-state index contributed by atoms with van der Waals surface area (Å²) in [6.07, 6.45) is 3.28. The van der Waals surface area contributed by atoms with E-state index in [2.05, 4.69) is 44.5 Å². The van der Waals surface area contributed by atoms with E-state index >= 15 is 0 Å². The minimum atomic E-state index is -0.574. The molecule has 3 heterocycles. The lowest BCUT2D eigenvalue weighted by atomic mass is 9.98. The van der Waals surface area contributed by atoms with Gasteiger partial charge in [0.05, 0.1) is 0 Å². The molecule has 0 aliphatic heterocycles. The number of methoxy groups -OCH3 is 2. The summed E-state index contributed by atoms with van der Waals surface area (Å²) in [6.45, 7) is 6.94. The van der Waals surface area contributed by atoms with Gasteiger partial charge in [-0.05, 0) is 53.5 Å². The Morgan fingerprint density at radius 1 is 0.978 bits per heavy atom. The van der Waals surface area contributed by atoms with Gasteiger partial charge in [-0.15, -0.1) is 5.10 Å². The van der Waals surface area contributed by atoms with E-state index in [1.807, 2.05) is 54.8 Å². The van der Waals surface area contributed by atoms with Gasteiger partial charge < -0.3 is 18.8 Å². The standard InChI is InChI=1S/C34H38ClN7O4/c1-6-8-13-29-37-32(35)30(31(43)28-19-18-25(20-36-28)34(44-4)45-5)41(29)21-23-14-16-24(17-15-23)26-11-9-10-12-27(26)33-38-39-40-42(33)22(3)46-7-2/h9-12,14-20,22,34H,6-8,13,21H2,1-5H3. The van der Waals surface area contributed by atoms with Crippen LogP contribution in [0, 0.1) is 0 Å². The van der Waals surface area contributed by atoms with Gasteiger partial charge in [-0.1, -0.05) is 79.5 Å². The molecular formula is C34H38ClN7O4. The first-order chi connectivity index (χ1) is 22.4. The average molecular weight is 644 g/mol. The van der Waals surface area contributed by atoms with Gasteiger partial charge in [0.2, 0.25) is 5.78 Å². The van der Waals surface area contributed by atoms with Gasteiger partial charge in [-0.2, -0.15) is 4.68 Å². The molecule has 3 aromatic heterocycles. The number of ketones is 1. The van der Waals surface area contributed by atoms with Crippen molar-refractivity contribution in [3.8, 4) is 22.5 Å². The molecule has 240 valence electrons. The first-order valence-electron chi connectivity index (χ1n) is 15.3. The molecule has 1 unspecified atom stereocenters. The van der Waals surface area contributed by atoms with Crippen LogP contribution in [-0.2, 0) is 27.2 Å². The van der Waals surface area contributed by atoms with Crippen molar-refractivity contribution in [1.82, 2.24) is 34.7 Å². The molecule has 0 amide bonds. The van der Waals surface area contributed by atoms with Crippen molar-refractivity contribution < 1.29 is 19.0 Å². The number of hydrogen-bond acceptors (Lipinski definition) is 9. The van der Waals surface area contributed by atoms with Crippen LogP contribution in [0.5, 0.6) is 0 Å². The summed E-state index contributed by atoms with van der Waals surface area (Å²) >= 11 is 6.65. The number of carbonyl (C=O) groups is 1. The Morgan fingerprint density at radius 3 is 2.37 bits per heavy atom. The number of aromatic nitrogens is 7. The number of tetrazole rings is 1. The summed E-state index contributed by atoms with van der Waals surface area (Å²) in [5, 5.41) is 12.6. The fraction of sp³-hybridized carbons (Fsp3) is 0.353. The quantitative estimate of drug-likeness (QED) is 0.0904. The number of imidazole rings is 1. The van der Waals surface area contributed by atoms with Crippen LogP contribution in [0.2, 0.25) is 5.15 Å². The Balaban J connectivity index is 1.45. The average Bonchev–Trinajstić information content (AvgIpc) is 3.69. The molecule has 0 saturated heterocycles. The zero-order valence-corrected chi connectivity index (χ0v) is 27.4. The maximum atomic E-state index is 13.8. The van der Waals surface area contributed by atoms with Gasteiger partial charge in [-0.3, -0.25) is 9.78 Å². The minimum Gasteiger partial charge on any atom is -0.357 e. The second-order valence-corrected chi connectivity index (χ2v) is 11.1. The third-order valence-electron chi connectivity index (χ3n) is 7.71.